The van der Waals surface area contributed by atoms with Crippen LogP contribution in [0.25, 0.3) is 32.5 Å². The van der Waals surface area contributed by atoms with Crippen molar-refractivity contribution in [1.82, 2.24) is 9.97 Å². The number of carbonyl (C=O) groups excluding carboxylic acids is 2. The lowest BCUT2D eigenvalue weighted by atomic mass is 10.1. The number of aromatic nitrogens is 2. The van der Waals surface area contributed by atoms with E-state index in [2.05, 4.69) is 0 Å². The van der Waals surface area contributed by atoms with Crippen molar-refractivity contribution in [2.24, 2.45) is 0 Å². The van der Waals surface area contributed by atoms with Gasteiger partial charge in [0, 0.05) is 0 Å². The number of rotatable bonds is 5. The van der Waals surface area contributed by atoms with Crippen molar-refractivity contribution in [1.29, 1.82) is 0 Å². The zero-order valence-electron chi connectivity index (χ0n) is 16.1. The Balaban J connectivity index is 1.87. The Labute approximate surface area is 180 Å². The van der Waals surface area contributed by atoms with E-state index in [1.807, 2.05) is 35.0 Å². The minimum atomic E-state index is -0.453. The summed E-state index contributed by atoms with van der Waals surface area (Å²) in [5.41, 5.74) is 3.00. The fraction of sp³-hybridized carbons (Fsp3) is 0.0909. The number of esters is 2. The molecule has 0 atom stereocenters. The fourth-order valence-electron chi connectivity index (χ4n) is 2.96. The largest absolute Gasteiger partial charge is 0.465 e. The van der Waals surface area contributed by atoms with E-state index in [0.29, 0.717) is 33.9 Å². The Kier molecular flexibility index (Phi) is 5.69. The van der Waals surface area contributed by atoms with Crippen LogP contribution in [0.5, 0.6) is 0 Å². The van der Waals surface area contributed by atoms with Crippen molar-refractivity contribution in [3.8, 4) is 32.5 Å². The van der Waals surface area contributed by atoms with Gasteiger partial charge >= 0.3 is 11.9 Å². The number of thiophene rings is 2. The summed E-state index contributed by atoms with van der Waals surface area (Å²) >= 11 is 2.96. The molecule has 0 radical (unpaired) electrons. The second kappa shape index (κ2) is 8.56. The van der Waals surface area contributed by atoms with Crippen molar-refractivity contribution in [2.45, 2.75) is 0 Å². The molecule has 6 nitrogen and oxygen atoms in total. The summed E-state index contributed by atoms with van der Waals surface area (Å²) < 4.78 is 9.81. The predicted molar refractivity (Wildman–Crippen MR) is 117 cm³/mol. The highest BCUT2D eigenvalue weighted by Gasteiger charge is 2.20. The summed E-state index contributed by atoms with van der Waals surface area (Å²) in [6, 6.07) is 14.4. The van der Waals surface area contributed by atoms with Crippen LogP contribution in [-0.2, 0) is 9.47 Å². The number of carbonyl (C=O) groups is 2. The Morgan fingerprint density at radius 2 is 1.13 bits per heavy atom. The van der Waals surface area contributed by atoms with Gasteiger partial charge in [0.15, 0.2) is 0 Å². The monoisotopic (exact) mass is 436 g/mol. The van der Waals surface area contributed by atoms with E-state index in [-0.39, 0.29) is 0 Å². The van der Waals surface area contributed by atoms with Gasteiger partial charge in [-0.1, -0.05) is 12.1 Å². The first-order valence-electron chi connectivity index (χ1n) is 8.89. The van der Waals surface area contributed by atoms with Crippen molar-refractivity contribution < 1.29 is 19.1 Å². The van der Waals surface area contributed by atoms with Gasteiger partial charge in [-0.05, 0) is 47.2 Å². The molecule has 0 N–H and O–H groups in total. The Morgan fingerprint density at radius 3 is 1.47 bits per heavy atom. The van der Waals surface area contributed by atoms with E-state index >= 15 is 0 Å². The van der Waals surface area contributed by atoms with Crippen molar-refractivity contribution >= 4 is 34.6 Å². The van der Waals surface area contributed by atoms with Crippen molar-refractivity contribution in [3.05, 3.63) is 70.4 Å². The highest BCUT2D eigenvalue weighted by atomic mass is 32.1. The van der Waals surface area contributed by atoms with Crippen LogP contribution in [0.4, 0.5) is 0 Å². The van der Waals surface area contributed by atoms with Crippen LogP contribution in [-0.4, -0.2) is 36.1 Å². The third kappa shape index (κ3) is 3.74. The molecule has 4 aromatic rings. The Bertz CT molecular complexity index is 1110. The van der Waals surface area contributed by atoms with Crippen LogP contribution in [0.3, 0.4) is 0 Å². The third-order valence-electron chi connectivity index (χ3n) is 4.37. The van der Waals surface area contributed by atoms with Crippen molar-refractivity contribution in [2.75, 3.05) is 14.2 Å². The van der Waals surface area contributed by atoms with Gasteiger partial charge in [0.05, 0.1) is 57.9 Å². The molecule has 150 valence electrons. The fourth-order valence-corrected chi connectivity index (χ4v) is 4.41. The average molecular weight is 437 g/mol. The molecule has 0 aromatic carbocycles. The van der Waals surface area contributed by atoms with E-state index in [1.165, 1.54) is 36.9 Å². The highest BCUT2D eigenvalue weighted by molar-refractivity contribution is 7.13. The van der Waals surface area contributed by atoms with Gasteiger partial charge in [-0.15, -0.1) is 22.7 Å². The molecule has 0 saturated heterocycles. The van der Waals surface area contributed by atoms with Crippen LogP contribution in [0.15, 0.2) is 59.3 Å². The molecule has 4 aromatic heterocycles. The second-order valence-corrected chi connectivity index (χ2v) is 8.02. The van der Waals surface area contributed by atoms with E-state index in [4.69, 9.17) is 19.4 Å². The minimum absolute atomic E-state index is 0.383. The molecular weight excluding hydrogens is 420 g/mol. The Morgan fingerprint density at radius 1 is 0.700 bits per heavy atom. The SMILES string of the molecule is COC(=O)c1ccc(-c2ccc(C(=O)OC)c(-c3cccs3)n2)nc1-c1cccs1. The number of hydrogen-bond donors (Lipinski definition) is 0. The van der Waals surface area contributed by atoms with Crippen LogP contribution in [0, 0.1) is 0 Å². The molecule has 0 aliphatic heterocycles. The molecule has 8 heteroatoms. The first-order valence-corrected chi connectivity index (χ1v) is 10.6. The lowest BCUT2D eigenvalue weighted by molar-refractivity contribution is 0.0592. The van der Waals surface area contributed by atoms with Gasteiger partial charge in [0.25, 0.3) is 0 Å². The maximum absolute atomic E-state index is 12.2. The molecule has 4 rings (SSSR count). The third-order valence-corrected chi connectivity index (χ3v) is 6.13. The van der Waals surface area contributed by atoms with E-state index in [1.54, 1.807) is 24.3 Å². The zero-order valence-corrected chi connectivity index (χ0v) is 17.8. The molecule has 0 fully saturated rings. The van der Waals surface area contributed by atoms with E-state index in [0.717, 1.165) is 9.75 Å². The topological polar surface area (TPSA) is 78.4 Å². The molecule has 0 bridgehead atoms. The van der Waals surface area contributed by atoms with Crippen LogP contribution in [0.1, 0.15) is 20.7 Å². The van der Waals surface area contributed by atoms with Gasteiger partial charge < -0.3 is 9.47 Å². The van der Waals surface area contributed by atoms with Gasteiger partial charge in [-0.3, -0.25) is 0 Å². The standard InChI is InChI=1S/C22H16N2O4S2/c1-27-21(25)13-7-9-15(23-19(13)17-5-3-11-29-17)16-10-8-14(22(26)28-2)20(24-16)18-6-4-12-30-18/h3-12H,1-2H3. The lowest BCUT2D eigenvalue weighted by Gasteiger charge is -2.11. The molecular formula is C22H16N2O4S2. The predicted octanol–water partition coefficient (Wildman–Crippen LogP) is 5.17. The zero-order chi connectivity index (χ0) is 21.1. The molecule has 0 saturated carbocycles. The number of methoxy groups -OCH3 is 2. The molecule has 0 amide bonds. The highest BCUT2D eigenvalue weighted by Crippen LogP contribution is 2.32. The average Bonchev–Trinajstić information content (AvgIpc) is 3.51. The van der Waals surface area contributed by atoms with E-state index in [9.17, 15) is 9.59 Å². The van der Waals surface area contributed by atoms with Crippen LogP contribution < -0.4 is 0 Å². The van der Waals surface area contributed by atoms with Crippen LogP contribution >= 0.6 is 22.7 Å². The van der Waals surface area contributed by atoms with E-state index < -0.39 is 11.9 Å². The number of ether oxygens (including phenoxy) is 2. The lowest BCUT2D eigenvalue weighted by Crippen LogP contribution is -2.07. The van der Waals surface area contributed by atoms with Crippen molar-refractivity contribution in [3.63, 3.8) is 0 Å². The normalized spacial score (nSPS) is 10.6. The Hall–Kier alpha value is -3.36. The van der Waals surface area contributed by atoms with Gasteiger partial charge in [0.2, 0.25) is 0 Å². The molecule has 0 unspecified atom stereocenters. The maximum Gasteiger partial charge on any atom is 0.340 e. The molecule has 0 spiro atoms. The summed E-state index contributed by atoms with van der Waals surface area (Å²) in [6.07, 6.45) is 0. The summed E-state index contributed by atoms with van der Waals surface area (Å²) in [6.45, 7) is 0. The smallest absolute Gasteiger partial charge is 0.340 e. The van der Waals surface area contributed by atoms with Gasteiger partial charge in [-0.2, -0.15) is 0 Å². The summed E-state index contributed by atoms with van der Waals surface area (Å²) in [4.78, 5) is 35.5. The summed E-state index contributed by atoms with van der Waals surface area (Å²) in [7, 11) is 2.68. The quantitative estimate of drug-likeness (QED) is 0.402. The second-order valence-electron chi connectivity index (χ2n) is 6.12. The first-order chi connectivity index (χ1) is 14.6. The minimum Gasteiger partial charge on any atom is -0.465 e. The van der Waals surface area contributed by atoms with Gasteiger partial charge in [0.1, 0.15) is 0 Å². The number of pyridine rings is 2. The van der Waals surface area contributed by atoms with Crippen LogP contribution in [0.2, 0.25) is 0 Å². The van der Waals surface area contributed by atoms with Gasteiger partial charge in [-0.25, -0.2) is 19.6 Å². The summed E-state index contributed by atoms with van der Waals surface area (Å²) in [5.74, 6) is -0.906. The first kappa shape index (κ1) is 19.9. The summed E-state index contributed by atoms with van der Waals surface area (Å²) in [5, 5.41) is 3.84. The number of nitrogens with zero attached hydrogens (tertiary/aromatic N) is 2. The maximum atomic E-state index is 12.2. The molecule has 0 aliphatic carbocycles. The molecule has 4 heterocycles. The molecule has 30 heavy (non-hydrogen) atoms. The number of hydrogen-bond acceptors (Lipinski definition) is 8. The molecule has 0 aliphatic rings.